The molecule has 1 fully saturated rings. The third-order valence-electron chi connectivity index (χ3n) is 3.35. The maximum absolute atomic E-state index is 5.65. The highest BCUT2D eigenvalue weighted by Crippen LogP contribution is 2.30. The number of hydrogen-bond acceptors (Lipinski definition) is 8. The van der Waals surface area contributed by atoms with Gasteiger partial charge in [0.2, 0.25) is 4.96 Å². The number of ether oxygens (including phenoxy) is 1. The van der Waals surface area contributed by atoms with Crippen molar-refractivity contribution < 1.29 is 4.74 Å². The molecular weight excluding hydrogens is 292 g/mol. The molecule has 110 valence electrons. The summed E-state index contributed by atoms with van der Waals surface area (Å²) in [7, 11) is 0. The average Bonchev–Trinajstić information content (AvgIpc) is 3.22. The molecule has 1 aliphatic rings. The van der Waals surface area contributed by atoms with Crippen molar-refractivity contribution in [3.05, 3.63) is 12.0 Å². The molecule has 4 heterocycles. The molecule has 0 aliphatic carbocycles. The van der Waals surface area contributed by atoms with Crippen molar-refractivity contribution in [1.29, 1.82) is 0 Å². The van der Waals surface area contributed by atoms with Crippen LogP contribution in [0.2, 0.25) is 0 Å². The van der Waals surface area contributed by atoms with Crippen LogP contribution in [0.15, 0.2) is 6.20 Å². The molecule has 1 saturated heterocycles. The second-order valence-corrected chi connectivity index (χ2v) is 5.77. The van der Waals surface area contributed by atoms with Gasteiger partial charge in [-0.15, -0.1) is 15.3 Å². The van der Waals surface area contributed by atoms with E-state index < -0.39 is 0 Å². The van der Waals surface area contributed by atoms with E-state index in [0.717, 1.165) is 40.9 Å². The first-order valence-corrected chi connectivity index (χ1v) is 7.61. The van der Waals surface area contributed by atoms with E-state index in [0.29, 0.717) is 13.1 Å². The van der Waals surface area contributed by atoms with Crippen molar-refractivity contribution in [2.75, 3.05) is 13.2 Å². The molecule has 0 spiro atoms. The summed E-state index contributed by atoms with van der Waals surface area (Å²) in [5.74, 6) is 0.763. The Balaban J connectivity index is 1.69. The minimum absolute atomic E-state index is 0.0112. The van der Waals surface area contributed by atoms with E-state index >= 15 is 0 Å². The van der Waals surface area contributed by atoms with Gasteiger partial charge in [-0.1, -0.05) is 16.6 Å². The molecular formula is C11H14N8OS. The molecule has 3 aromatic rings. The number of aromatic nitrogens is 7. The highest BCUT2D eigenvalue weighted by atomic mass is 32.1. The first kappa shape index (κ1) is 12.8. The summed E-state index contributed by atoms with van der Waals surface area (Å²) >= 11 is 1.44. The fraction of sp³-hybridized carbons (Fsp3) is 0.545. The van der Waals surface area contributed by atoms with Crippen LogP contribution >= 0.6 is 11.3 Å². The molecule has 1 unspecified atom stereocenters. The first-order valence-electron chi connectivity index (χ1n) is 6.79. The molecule has 9 nitrogen and oxygen atoms in total. The third-order valence-corrected chi connectivity index (χ3v) is 4.27. The van der Waals surface area contributed by atoms with Crippen LogP contribution in [0.1, 0.15) is 24.8 Å². The molecule has 0 bridgehead atoms. The van der Waals surface area contributed by atoms with Crippen molar-refractivity contribution in [2.45, 2.75) is 25.5 Å². The van der Waals surface area contributed by atoms with Gasteiger partial charge < -0.3 is 10.5 Å². The van der Waals surface area contributed by atoms with Crippen LogP contribution in [0.4, 0.5) is 0 Å². The van der Waals surface area contributed by atoms with Gasteiger partial charge in [0.05, 0.1) is 12.7 Å². The molecule has 4 rings (SSSR count). The smallest absolute Gasteiger partial charge is 0.235 e. The predicted molar refractivity (Wildman–Crippen MR) is 74.7 cm³/mol. The quantitative estimate of drug-likeness (QED) is 0.736. The van der Waals surface area contributed by atoms with E-state index in [9.17, 15) is 0 Å². The Bertz CT molecular complexity index is 755. The second-order valence-electron chi connectivity index (χ2n) is 4.82. The monoisotopic (exact) mass is 306 g/mol. The second kappa shape index (κ2) is 5.13. The molecule has 0 radical (unpaired) electrons. The molecule has 1 aliphatic heterocycles. The van der Waals surface area contributed by atoms with Crippen LogP contribution in [0.3, 0.4) is 0 Å². The summed E-state index contributed by atoms with van der Waals surface area (Å²) in [5, 5.41) is 21.8. The van der Waals surface area contributed by atoms with Crippen molar-refractivity contribution in [3.8, 4) is 10.7 Å². The summed E-state index contributed by atoms with van der Waals surface area (Å²) in [5.41, 5.74) is 6.22. The van der Waals surface area contributed by atoms with Crippen LogP contribution in [-0.4, -0.2) is 48.0 Å². The Kier molecular flexibility index (Phi) is 3.13. The zero-order chi connectivity index (χ0) is 14.2. The van der Waals surface area contributed by atoms with Crippen LogP contribution in [0, 0.1) is 0 Å². The summed E-state index contributed by atoms with van der Waals surface area (Å²) < 4.78 is 9.11. The Labute approximate surface area is 123 Å². The van der Waals surface area contributed by atoms with Gasteiger partial charge in [-0.3, -0.25) is 4.68 Å². The number of nitrogens with zero attached hydrogens (tertiary/aromatic N) is 7. The Morgan fingerprint density at radius 3 is 3.14 bits per heavy atom. The lowest BCUT2D eigenvalue weighted by molar-refractivity contribution is 0.103. The van der Waals surface area contributed by atoms with Gasteiger partial charge in [-0.05, 0) is 12.8 Å². The van der Waals surface area contributed by atoms with Gasteiger partial charge >= 0.3 is 0 Å². The number of nitrogens with two attached hydrogens (primary N) is 1. The molecule has 0 amide bonds. The fourth-order valence-electron chi connectivity index (χ4n) is 2.36. The molecule has 0 saturated carbocycles. The highest BCUT2D eigenvalue weighted by molar-refractivity contribution is 7.19. The van der Waals surface area contributed by atoms with Crippen LogP contribution < -0.4 is 5.73 Å². The minimum atomic E-state index is -0.0112. The zero-order valence-corrected chi connectivity index (χ0v) is 12.0. The zero-order valence-electron chi connectivity index (χ0n) is 11.2. The van der Waals surface area contributed by atoms with Gasteiger partial charge in [0.25, 0.3) is 0 Å². The van der Waals surface area contributed by atoms with Gasteiger partial charge in [0, 0.05) is 13.2 Å². The third kappa shape index (κ3) is 2.20. The van der Waals surface area contributed by atoms with Crippen LogP contribution in [0.5, 0.6) is 0 Å². The van der Waals surface area contributed by atoms with E-state index in [1.807, 2.05) is 6.20 Å². The van der Waals surface area contributed by atoms with Crippen molar-refractivity contribution >= 4 is 16.3 Å². The van der Waals surface area contributed by atoms with Crippen LogP contribution in [-0.2, 0) is 11.3 Å². The lowest BCUT2D eigenvalue weighted by Gasteiger charge is -2.03. The maximum atomic E-state index is 5.65. The molecule has 10 heteroatoms. The van der Waals surface area contributed by atoms with Crippen molar-refractivity contribution in [1.82, 2.24) is 34.8 Å². The first-order chi connectivity index (χ1) is 10.3. The summed E-state index contributed by atoms with van der Waals surface area (Å²) in [4.78, 5) is 0.740. The van der Waals surface area contributed by atoms with Gasteiger partial charge in [-0.2, -0.15) is 9.61 Å². The van der Waals surface area contributed by atoms with Crippen molar-refractivity contribution in [3.63, 3.8) is 0 Å². The standard InChI is InChI=1S/C11H14N8OS/c12-3-4-18-6-7(13-17-18)10-16-19-9(8-2-1-5-20-8)14-15-11(19)21-10/h6,8H,1-5,12H2. The summed E-state index contributed by atoms with van der Waals surface area (Å²) in [6.45, 7) is 1.93. The van der Waals surface area contributed by atoms with E-state index in [-0.39, 0.29) is 6.10 Å². The highest BCUT2D eigenvalue weighted by Gasteiger charge is 2.25. The van der Waals surface area contributed by atoms with Gasteiger partial charge in [0.15, 0.2) is 10.8 Å². The maximum Gasteiger partial charge on any atom is 0.235 e. The van der Waals surface area contributed by atoms with Crippen LogP contribution in [0.25, 0.3) is 15.7 Å². The molecule has 3 aromatic heterocycles. The molecule has 0 aromatic carbocycles. The molecule has 1 atom stereocenters. The number of fused-ring (bicyclic) bond motifs is 1. The average molecular weight is 306 g/mol. The molecule has 2 N–H and O–H groups in total. The minimum Gasteiger partial charge on any atom is -0.370 e. The van der Waals surface area contributed by atoms with E-state index in [1.54, 1.807) is 9.20 Å². The SMILES string of the molecule is NCCn1cc(-c2nn3c(C4CCCO4)nnc3s2)nn1. The predicted octanol–water partition coefficient (Wildman–Crippen LogP) is 0.254. The molecule has 21 heavy (non-hydrogen) atoms. The largest absolute Gasteiger partial charge is 0.370 e. The summed E-state index contributed by atoms with van der Waals surface area (Å²) in [6.07, 6.45) is 3.83. The normalized spacial score (nSPS) is 18.8. The Morgan fingerprint density at radius 1 is 1.38 bits per heavy atom. The Hall–Kier alpha value is -1.91. The lowest BCUT2D eigenvalue weighted by Crippen LogP contribution is -2.10. The van der Waals surface area contributed by atoms with E-state index in [2.05, 4.69) is 25.6 Å². The summed E-state index contributed by atoms with van der Waals surface area (Å²) in [6, 6.07) is 0. The van der Waals surface area contributed by atoms with Crippen molar-refractivity contribution in [2.24, 2.45) is 5.73 Å². The van der Waals surface area contributed by atoms with Gasteiger partial charge in [-0.25, -0.2) is 0 Å². The topological polar surface area (TPSA) is 109 Å². The number of rotatable bonds is 4. The number of hydrogen-bond donors (Lipinski definition) is 1. The van der Waals surface area contributed by atoms with Gasteiger partial charge in [0.1, 0.15) is 11.8 Å². The lowest BCUT2D eigenvalue weighted by atomic mass is 10.2. The Morgan fingerprint density at radius 2 is 2.33 bits per heavy atom. The van der Waals surface area contributed by atoms with E-state index in [1.165, 1.54) is 11.3 Å². The van der Waals surface area contributed by atoms with E-state index in [4.69, 9.17) is 10.5 Å². The fourth-order valence-corrected chi connectivity index (χ4v) is 3.15.